The van der Waals surface area contributed by atoms with E-state index in [0.29, 0.717) is 12.8 Å². The average Bonchev–Trinajstić information content (AvgIpc) is 3.50. The average molecular weight is 1160 g/mol. The molecule has 1 unspecified atom stereocenters. The molecule has 0 bridgehead atoms. The molecule has 0 aromatic rings. The second-order valence-corrected chi connectivity index (χ2v) is 23.8. The maximum atomic E-state index is 12.9. The number of allylic oxidation sites excluding steroid dienone is 16. The minimum absolute atomic E-state index is 0.0881. The molecule has 0 amide bonds. The smallest absolute Gasteiger partial charge is 0.306 e. The van der Waals surface area contributed by atoms with Crippen LogP contribution in [-0.2, 0) is 28.6 Å². The van der Waals surface area contributed by atoms with Crippen LogP contribution in [0.3, 0.4) is 0 Å². The van der Waals surface area contributed by atoms with Crippen molar-refractivity contribution >= 4 is 17.9 Å². The fraction of sp³-hybridized carbons (Fsp3) is 0.753. The Morgan fingerprint density at radius 2 is 0.470 bits per heavy atom. The van der Waals surface area contributed by atoms with Gasteiger partial charge in [0.15, 0.2) is 6.10 Å². The molecule has 0 aliphatic rings. The van der Waals surface area contributed by atoms with E-state index in [9.17, 15) is 14.4 Å². The van der Waals surface area contributed by atoms with E-state index in [2.05, 4.69) is 118 Å². The lowest BCUT2D eigenvalue weighted by atomic mass is 10.0. The standard InChI is InChI=1S/C77H134O6/c1-4-7-10-13-16-18-20-22-24-26-28-30-32-34-35-36-37-38-39-40-41-43-44-46-48-50-52-54-56-58-61-64-67-70-76(79)82-73-74(72-81-75(78)69-66-63-60-15-12-9-6-3)83-77(80)71-68-65-62-59-57-55-53-51-49-47-45-42-33-31-29-27-25-23-21-19-17-14-11-8-5-2/h8,11,17,19,23,25-26,28-29,31,42,45,49,51,55,57,74H,4-7,9-10,12-16,18,20-22,24,27,30,32-41,43-44,46-48,50,52-54,56,58-73H2,1-3H3/b11-8-,19-17-,25-23-,28-26-,31-29-,45-42-,51-49-,57-55-. The van der Waals surface area contributed by atoms with Crippen molar-refractivity contribution in [1.29, 1.82) is 0 Å². The minimum Gasteiger partial charge on any atom is -0.462 e. The Balaban J connectivity index is 4.08. The summed E-state index contributed by atoms with van der Waals surface area (Å²) in [5.41, 5.74) is 0. The van der Waals surface area contributed by atoms with Crippen molar-refractivity contribution in [2.45, 2.75) is 361 Å². The molecule has 0 aromatic carbocycles. The predicted octanol–water partition coefficient (Wildman–Crippen LogP) is 24.8. The minimum atomic E-state index is -0.793. The Kier molecular flexibility index (Phi) is 67.7. The fourth-order valence-electron chi connectivity index (χ4n) is 10.2. The van der Waals surface area contributed by atoms with Gasteiger partial charge in [0.1, 0.15) is 13.2 Å². The van der Waals surface area contributed by atoms with Crippen molar-refractivity contribution in [3.63, 3.8) is 0 Å². The largest absolute Gasteiger partial charge is 0.462 e. The van der Waals surface area contributed by atoms with Gasteiger partial charge in [-0.2, -0.15) is 0 Å². The molecular weight excluding hydrogens is 1020 g/mol. The zero-order chi connectivity index (χ0) is 59.9. The van der Waals surface area contributed by atoms with Gasteiger partial charge >= 0.3 is 17.9 Å². The molecule has 83 heavy (non-hydrogen) atoms. The second kappa shape index (κ2) is 70.8. The highest BCUT2D eigenvalue weighted by Crippen LogP contribution is 2.18. The topological polar surface area (TPSA) is 78.9 Å². The Morgan fingerprint density at radius 1 is 0.253 bits per heavy atom. The third-order valence-corrected chi connectivity index (χ3v) is 15.6. The van der Waals surface area contributed by atoms with Gasteiger partial charge in [0.2, 0.25) is 0 Å². The van der Waals surface area contributed by atoms with Crippen molar-refractivity contribution < 1.29 is 28.6 Å². The van der Waals surface area contributed by atoms with Crippen molar-refractivity contribution in [2.24, 2.45) is 0 Å². The van der Waals surface area contributed by atoms with Crippen molar-refractivity contribution in [1.82, 2.24) is 0 Å². The zero-order valence-electron chi connectivity index (χ0n) is 54.9. The summed E-state index contributed by atoms with van der Waals surface area (Å²) in [6, 6.07) is 0. The predicted molar refractivity (Wildman–Crippen MR) is 362 cm³/mol. The lowest BCUT2D eigenvalue weighted by molar-refractivity contribution is -0.167. The molecule has 0 heterocycles. The van der Waals surface area contributed by atoms with E-state index < -0.39 is 6.10 Å². The monoisotopic (exact) mass is 1160 g/mol. The lowest BCUT2D eigenvalue weighted by Gasteiger charge is -2.18. The molecule has 0 saturated carbocycles. The Morgan fingerprint density at radius 3 is 0.759 bits per heavy atom. The summed E-state index contributed by atoms with van der Waals surface area (Å²) in [5.74, 6) is -0.915. The zero-order valence-corrected chi connectivity index (χ0v) is 54.9. The highest BCUT2D eigenvalue weighted by molar-refractivity contribution is 5.71. The summed E-state index contributed by atoms with van der Waals surface area (Å²) < 4.78 is 16.8. The van der Waals surface area contributed by atoms with Crippen molar-refractivity contribution in [3.05, 3.63) is 97.2 Å². The van der Waals surface area contributed by atoms with Crippen LogP contribution in [0.15, 0.2) is 97.2 Å². The quantitative estimate of drug-likeness (QED) is 0.0261. The third-order valence-electron chi connectivity index (χ3n) is 15.6. The van der Waals surface area contributed by atoms with Gasteiger partial charge in [-0.25, -0.2) is 0 Å². The van der Waals surface area contributed by atoms with Crippen LogP contribution in [0.1, 0.15) is 355 Å². The van der Waals surface area contributed by atoms with Gasteiger partial charge < -0.3 is 14.2 Å². The fourth-order valence-corrected chi connectivity index (χ4v) is 10.2. The summed E-state index contributed by atoms with van der Waals surface area (Å²) in [5, 5.41) is 0. The number of carbonyl (C=O) groups is 3. The Labute approximate surface area is 515 Å². The van der Waals surface area contributed by atoms with Crippen LogP contribution in [0.5, 0.6) is 0 Å². The van der Waals surface area contributed by atoms with Crippen LogP contribution in [-0.4, -0.2) is 37.2 Å². The summed E-state index contributed by atoms with van der Waals surface area (Å²) in [7, 11) is 0. The Bertz CT molecular complexity index is 1610. The summed E-state index contributed by atoms with van der Waals surface area (Å²) in [6.07, 6.45) is 96.3. The maximum absolute atomic E-state index is 12.9. The van der Waals surface area contributed by atoms with Crippen LogP contribution in [0, 0.1) is 0 Å². The molecule has 6 nitrogen and oxygen atoms in total. The van der Waals surface area contributed by atoms with Crippen molar-refractivity contribution in [3.8, 4) is 0 Å². The molecule has 0 spiro atoms. The number of hydrogen-bond acceptors (Lipinski definition) is 6. The molecule has 0 rings (SSSR count). The molecule has 0 aliphatic carbocycles. The van der Waals surface area contributed by atoms with Crippen LogP contribution < -0.4 is 0 Å². The van der Waals surface area contributed by atoms with Gasteiger partial charge in [-0.1, -0.05) is 330 Å². The number of hydrogen-bond donors (Lipinski definition) is 0. The molecule has 1 atom stereocenters. The first-order chi connectivity index (χ1) is 41.0. The summed E-state index contributed by atoms with van der Waals surface area (Å²) in [4.78, 5) is 38.2. The first kappa shape index (κ1) is 79.3. The van der Waals surface area contributed by atoms with Crippen LogP contribution >= 0.6 is 0 Å². The molecule has 0 saturated heterocycles. The summed E-state index contributed by atoms with van der Waals surface area (Å²) >= 11 is 0. The molecule has 0 N–H and O–H groups in total. The third kappa shape index (κ3) is 69.0. The number of ether oxygens (including phenoxy) is 3. The van der Waals surface area contributed by atoms with Gasteiger partial charge in [0, 0.05) is 19.3 Å². The van der Waals surface area contributed by atoms with E-state index in [1.807, 2.05) is 0 Å². The molecular formula is C77H134O6. The first-order valence-electron chi connectivity index (χ1n) is 35.7. The number of rotatable bonds is 65. The van der Waals surface area contributed by atoms with Gasteiger partial charge in [-0.05, 0) is 103 Å². The molecule has 0 fully saturated rings. The molecule has 0 aromatic heterocycles. The van der Waals surface area contributed by atoms with Gasteiger partial charge in [0.25, 0.3) is 0 Å². The maximum Gasteiger partial charge on any atom is 0.306 e. The van der Waals surface area contributed by atoms with E-state index in [1.54, 1.807) is 0 Å². The number of unbranched alkanes of at least 4 members (excludes halogenated alkanes) is 38. The lowest BCUT2D eigenvalue weighted by Crippen LogP contribution is -2.30. The first-order valence-corrected chi connectivity index (χ1v) is 35.7. The molecule has 0 aliphatic heterocycles. The SMILES string of the molecule is CC/C=C\C/C=C\C/C=C\C/C=C\C/C=C\C/C=C\C/C=C\CCCCCC(=O)OC(COC(=O)CCCCCCCCC)COC(=O)CCCCCCCCCCCCCCCCCCCCCCC/C=C\CCCCCCCCCC. The van der Waals surface area contributed by atoms with E-state index in [0.717, 1.165) is 109 Å². The van der Waals surface area contributed by atoms with E-state index >= 15 is 0 Å². The van der Waals surface area contributed by atoms with Crippen LogP contribution in [0.2, 0.25) is 0 Å². The number of carbonyl (C=O) groups excluding carboxylic acids is 3. The second-order valence-electron chi connectivity index (χ2n) is 23.8. The Hall–Kier alpha value is -3.67. The van der Waals surface area contributed by atoms with Gasteiger partial charge in [-0.15, -0.1) is 0 Å². The molecule has 478 valence electrons. The van der Waals surface area contributed by atoms with Gasteiger partial charge in [-0.3, -0.25) is 14.4 Å². The highest BCUT2D eigenvalue weighted by Gasteiger charge is 2.19. The summed E-state index contributed by atoms with van der Waals surface area (Å²) in [6.45, 7) is 6.49. The normalized spacial score (nSPS) is 12.7. The van der Waals surface area contributed by atoms with Gasteiger partial charge in [0.05, 0.1) is 0 Å². The molecule has 0 radical (unpaired) electrons. The van der Waals surface area contributed by atoms with Crippen molar-refractivity contribution in [2.75, 3.05) is 13.2 Å². The van der Waals surface area contributed by atoms with Crippen LogP contribution in [0.25, 0.3) is 0 Å². The molecule has 6 heteroatoms. The van der Waals surface area contributed by atoms with E-state index in [4.69, 9.17) is 14.2 Å². The van der Waals surface area contributed by atoms with E-state index in [1.165, 1.54) is 205 Å². The number of esters is 3. The van der Waals surface area contributed by atoms with Crippen LogP contribution in [0.4, 0.5) is 0 Å². The highest BCUT2D eigenvalue weighted by atomic mass is 16.6. The van der Waals surface area contributed by atoms with E-state index in [-0.39, 0.29) is 37.5 Å².